The van der Waals surface area contributed by atoms with Crippen LogP contribution >= 0.6 is 0 Å². The molecule has 2 rings (SSSR count). The van der Waals surface area contributed by atoms with Crippen LogP contribution in [0.3, 0.4) is 0 Å². The second-order valence-corrected chi connectivity index (χ2v) is 5.12. The fraction of sp³-hybridized carbons (Fsp3) is 0.533. The number of nitrogens with one attached hydrogen (secondary N) is 1. The Morgan fingerprint density at radius 1 is 1.32 bits per heavy atom. The molecule has 1 aromatic rings. The molecule has 1 amide bonds. The van der Waals surface area contributed by atoms with E-state index < -0.39 is 6.10 Å². The van der Waals surface area contributed by atoms with E-state index in [4.69, 9.17) is 0 Å². The summed E-state index contributed by atoms with van der Waals surface area (Å²) >= 11 is 0. The van der Waals surface area contributed by atoms with E-state index in [0.717, 1.165) is 25.7 Å². The van der Waals surface area contributed by atoms with Crippen LogP contribution in [0.4, 0.5) is 4.39 Å². The van der Waals surface area contributed by atoms with Gasteiger partial charge in [-0.1, -0.05) is 31.0 Å². The monoisotopic (exact) mass is 265 g/mol. The molecule has 1 aromatic carbocycles. The predicted octanol–water partition coefficient (Wildman–Crippen LogP) is 2.18. The first-order valence-corrected chi connectivity index (χ1v) is 6.87. The summed E-state index contributed by atoms with van der Waals surface area (Å²) in [5.74, 6) is -0.387. The first-order chi connectivity index (χ1) is 9.16. The molecule has 3 nitrogen and oxygen atoms in total. The van der Waals surface area contributed by atoms with E-state index in [0.29, 0.717) is 12.0 Å². The lowest BCUT2D eigenvalue weighted by Gasteiger charge is -2.28. The maximum atomic E-state index is 13.4. The van der Waals surface area contributed by atoms with Gasteiger partial charge < -0.3 is 10.4 Å². The van der Waals surface area contributed by atoms with E-state index in [2.05, 4.69) is 5.32 Å². The van der Waals surface area contributed by atoms with Crippen LogP contribution in [-0.4, -0.2) is 23.2 Å². The molecule has 0 aromatic heterocycles. The number of carbonyl (C=O) groups excluding carboxylic acids is 1. The molecule has 1 fully saturated rings. The molecule has 2 unspecified atom stereocenters. The maximum Gasteiger partial charge on any atom is 0.220 e. The Hall–Kier alpha value is -1.42. The number of hydrogen-bond acceptors (Lipinski definition) is 2. The van der Waals surface area contributed by atoms with Gasteiger partial charge in [-0.25, -0.2) is 4.39 Å². The van der Waals surface area contributed by atoms with Crippen molar-refractivity contribution in [2.45, 2.75) is 50.7 Å². The fourth-order valence-electron chi connectivity index (χ4n) is 2.51. The molecular formula is C15H20FNO2. The molecule has 0 radical (unpaired) electrons. The van der Waals surface area contributed by atoms with Crippen LogP contribution < -0.4 is 5.32 Å². The first kappa shape index (κ1) is 14.0. The predicted molar refractivity (Wildman–Crippen MR) is 71.1 cm³/mol. The summed E-state index contributed by atoms with van der Waals surface area (Å²) in [6, 6.07) is 6.36. The lowest BCUT2D eigenvalue weighted by molar-refractivity contribution is -0.123. The van der Waals surface area contributed by atoms with Crippen molar-refractivity contribution in [1.29, 1.82) is 0 Å². The van der Waals surface area contributed by atoms with Gasteiger partial charge in [-0.05, 0) is 30.9 Å². The van der Waals surface area contributed by atoms with Gasteiger partial charge in [0.2, 0.25) is 5.91 Å². The van der Waals surface area contributed by atoms with Crippen molar-refractivity contribution < 1.29 is 14.3 Å². The minimum absolute atomic E-state index is 0.116. The summed E-state index contributed by atoms with van der Waals surface area (Å²) in [5, 5.41) is 12.6. The Labute approximate surface area is 112 Å². The zero-order valence-corrected chi connectivity index (χ0v) is 10.9. The van der Waals surface area contributed by atoms with Crippen molar-refractivity contribution in [3.05, 3.63) is 35.6 Å². The summed E-state index contributed by atoms with van der Waals surface area (Å²) < 4.78 is 13.4. The standard InChI is InChI=1S/C15H20FNO2/c16-12-6-2-1-5-11(12)9-10-15(19)17-13-7-3-4-8-14(13)18/h1-2,5-6,13-14,18H,3-4,7-10H2,(H,17,19). The van der Waals surface area contributed by atoms with Gasteiger partial charge >= 0.3 is 0 Å². The number of halogens is 1. The van der Waals surface area contributed by atoms with Crippen LogP contribution in [0.25, 0.3) is 0 Å². The number of aryl methyl sites for hydroxylation is 1. The minimum atomic E-state index is -0.439. The fourth-order valence-corrected chi connectivity index (χ4v) is 2.51. The van der Waals surface area contributed by atoms with Crippen LogP contribution in [0.2, 0.25) is 0 Å². The molecule has 0 spiro atoms. The average Bonchev–Trinajstić information content (AvgIpc) is 2.40. The van der Waals surface area contributed by atoms with Gasteiger partial charge in [0, 0.05) is 6.42 Å². The molecule has 0 aliphatic heterocycles. The van der Waals surface area contributed by atoms with Crippen molar-refractivity contribution in [2.75, 3.05) is 0 Å². The molecule has 4 heteroatoms. The molecule has 0 heterocycles. The van der Waals surface area contributed by atoms with E-state index in [1.54, 1.807) is 18.2 Å². The van der Waals surface area contributed by atoms with Crippen molar-refractivity contribution in [1.82, 2.24) is 5.32 Å². The molecule has 2 N–H and O–H groups in total. The summed E-state index contributed by atoms with van der Waals surface area (Å²) in [5.41, 5.74) is 0.557. The van der Waals surface area contributed by atoms with Gasteiger partial charge in [0.25, 0.3) is 0 Å². The smallest absolute Gasteiger partial charge is 0.220 e. The number of hydrogen-bond donors (Lipinski definition) is 2. The molecule has 1 saturated carbocycles. The lowest BCUT2D eigenvalue weighted by Crippen LogP contribution is -2.45. The van der Waals surface area contributed by atoms with E-state index in [-0.39, 0.29) is 24.2 Å². The maximum absolute atomic E-state index is 13.4. The van der Waals surface area contributed by atoms with Crippen molar-refractivity contribution >= 4 is 5.91 Å². The second kappa shape index (κ2) is 6.66. The molecule has 0 bridgehead atoms. The molecule has 19 heavy (non-hydrogen) atoms. The van der Waals surface area contributed by atoms with Crippen LogP contribution in [0, 0.1) is 5.82 Å². The molecule has 0 saturated heterocycles. The summed E-state index contributed by atoms with van der Waals surface area (Å²) in [7, 11) is 0. The third-order valence-corrected chi connectivity index (χ3v) is 3.66. The number of rotatable bonds is 4. The van der Waals surface area contributed by atoms with Crippen LogP contribution in [0.5, 0.6) is 0 Å². The lowest BCUT2D eigenvalue weighted by atomic mass is 9.92. The summed E-state index contributed by atoms with van der Waals surface area (Å²) in [6.45, 7) is 0. The molecule has 2 atom stereocenters. The Morgan fingerprint density at radius 2 is 2.05 bits per heavy atom. The van der Waals surface area contributed by atoms with Gasteiger partial charge in [-0.15, -0.1) is 0 Å². The molecular weight excluding hydrogens is 245 g/mol. The van der Waals surface area contributed by atoms with Crippen LogP contribution in [0.15, 0.2) is 24.3 Å². The Balaban J connectivity index is 1.80. The Morgan fingerprint density at radius 3 is 2.79 bits per heavy atom. The van der Waals surface area contributed by atoms with Crippen molar-refractivity contribution in [3.8, 4) is 0 Å². The number of aliphatic hydroxyl groups is 1. The van der Waals surface area contributed by atoms with Gasteiger partial charge in [-0.3, -0.25) is 4.79 Å². The summed E-state index contributed by atoms with van der Waals surface area (Å²) in [4.78, 5) is 11.8. The third kappa shape index (κ3) is 4.03. The topological polar surface area (TPSA) is 49.3 Å². The number of amides is 1. The van der Waals surface area contributed by atoms with Gasteiger partial charge in [-0.2, -0.15) is 0 Å². The van der Waals surface area contributed by atoms with Crippen molar-refractivity contribution in [2.24, 2.45) is 0 Å². The zero-order valence-electron chi connectivity index (χ0n) is 10.9. The SMILES string of the molecule is O=C(CCc1ccccc1F)NC1CCCCC1O. The van der Waals surface area contributed by atoms with Gasteiger partial charge in [0.05, 0.1) is 12.1 Å². The van der Waals surface area contributed by atoms with E-state index >= 15 is 0 Å². The summed E-state index contributed by atoms with van der Waals surface area (Å²) in [6.07, 6.45) is 3.83. The highest BCUT2D eigenvalue weighted by Gasteiger charge is 2.24. The van der Waals surface area contributed by atoms with E-state index in [1.165, 1.54) is 6.07 Å². The Bertz CT molecular complexity index is 436. The van der Waals surface area contributed by atoms with Crippen LogP contribution in [0.1, 0.15) is 37.7 Å². The highest BCUT2D eigenvalue weighted by atomic mass is 19.1. The zero-order chi connectivity index (χ0) is 13.7. The van der Waals surface area contributed by atoms with Crippen molar-refractivity contribution in [3.63, 3.8) is 0 Å². The normalized spacial score (nSPS) is 23.1. The molecule has 104 valence electrons. The molecule has 1 aliphatic carbocycles. The van der Waals surface area contributed by atoms with Gasteiger partial charge in [0.1, 0.15) is 5.82 Å². The van der Waals surface area contributed by atoms with Crippen LogP contribution in [-0.2, 0) is 11.2 Å². The minimum Gasteiger partial charge on any atom is -0.391 e. The second-order valence-electron chi connectivity index (χ2n) is 5.12. The van der Waals surface area contributed by atoms with E-state index in [1.807, 2.05) is 0 Å². The quantitative estimate of drug-likeness (QED) is 0.876. The number of aliphatic hydroxyl groups excluding tert-OH is 1. The highest BCUT2D eigenvalue weighted by molar-refractivity contribution is 5.76. The highest BCUT2D eigenvalue weighted by Crippen LogP contribution is 2.18. The molecule has 1 aliphatic rings. The third-order valence-electron chi connectivity index (χ3n) is 3.66. The number of benzene rings is 1. The van der Waals surface area contributed by atoms with E-state index in [9.17, 15) is 14.3 Å². The first-order valence-electron chi connectivity index (χ1n) is 6.87. The van der Waals surface area contributed by atoms with Gasteiger partial charge in [0.15, 0.2) is 0 Å². The largest absolute Gasteiger partial charge is 0.391 e. The Kier molecular flexibility index (Phi) is 4.91. The number of carbonyl (C=O) groups is 1. The average molecular weight is 265 g/mol.